The predicted molar refractivity (Wildman–Crippen MR) is 359 cm³/mol. The number of nitrogens with zero attached hydrogens (tertiary/aromatic N) is 7. The van der Waals surface area contributed by atoms with Gasteiger partial charge in [0.2, 0.25) is 0 Å². The minimum atomic E-state index is -6.85. The van der Waals surface area contributed by atoms with Crippen molar-refractivity contribution < 1.29 is 116 Å². The van der Waals surface area contributed by atoms with E-state index in [1.807, 2.05) is 55.6 Å². The fourth-order valence-corrected chi connectivity index (χ4v) is 10.7. The van der Waals surface area contributed by atoms with Crippen molar-refractivity contribution in [3.05, 3.63) is 128 Å². The van der Waals surface area contributed by atoms with E-state index < -0.39 is 46.9 Å². The summed E-state index contributed by atoms with van der Waals surface area (Å²) in [5.74, 6) is 7.41. The number of halogens is 9. The molecular weight excluding hydrogens is 1430 g/mol. The summed E-state index contributed by atoms with van der Waals surface area (Å²) in [5, 5.41) is 20.9. The molecule has 5 aliphatic carbocycles. The van der Waals surface area contributed by atoms with Crippen LogP contribution in [0.15, 0.2) is 77.7 Å². The molecule has 9 rings (SSSR count). The lowest BCUT2D eigenvalue weighted by atomic mass is 9.87. The third-order valence-electron chi connectivity index (χ3n) is 13.7. The lowest BCUT2D eigenvalue weighted by molar-refractivity contribution is -0.128. The van der Waals surface area contributed by atoms with Crippen LogP contribution in [0.3, 0.4) is 0 Å². The first kappa shape index (κ1) is 92.1. The van der Waals surface area contributed by atoms with Gasteiger partial charge in [0.05, 0.1) is 74.2 Å². The number of ketones is 3. The van der Waals surface area contributed by atoms with E-state index in [0.29, 0.717) is 87.6 Å². The summed E-state index contributed by atoms with van der Waals surface area (Å²) in [7, 11) is -12.2. The number of aromatic nitrogens is 7. The maximum Gasteiger partial charge on any atom is 0.534 e. The highest BCUT2D eigenvalue weighted by Crippen LogP contribution is 2.34. The number of allylic oxidation sites excluding steroid dienone is 7. The molecule has 576 valence electrons. The quantitative estimate of drug-likeness (QED) is 0.0173. The van der Waals surface area contributed by atoms with Gasteiger partial charge in [-0.1, -0.05) is 41.5 Å². The molecule has 0 fully saturated rings. The molecule has 38 heteroatoms. The second-order valence-corrected chi connectivity index (χ2v) is 28.8. The Morgan fingerprint density at radius 3 is 1.35 bits per heavy atom. The van der Waals surface area contributed by atoms with E-state index in [2.05, 4.69) is 102 Å². The van der Waals surface area contributed by atoms with Crippen LogP contribution in [-0.2, 0) is 134 Å². The maximum atomic E-state index is 12.1. The van der Waals surface area contributed by atoms with Crippen molar-refractivity contribution in [1.29, 1.82) is 0 Å². The first-order valence-corrected chi connectivity index (χ1v) is 35.7. The predicted octanol–water partition coefficient (Wildman–Crippen LogP) is 11.1. The summed E-state index contributed by atoms with van der Waals surface area (Å²) in [6, 6.07) is 4.38. The van der Waals surface area contributed by atoms with Gasteiger partial charge >= 0.3 is 46.9 Å². The molecule has 0 aromatic carbocycles. The number of aryl methyl sites for hydroxylation is 7. The Morgan fingerprint density at radius 2 is 0.961 bits per heavy atom. The molecule has 26 nitrogen and oxygen atoms in total. The van der Waals surface area contributed by atoms with E-state index in [0.717, 1.165) is 67.7 Å². The first-order valence-electron chi connectivity index (χ1n) is 31.4. The van der Waals surface area contributed by atoms with Crippen molar-refractivity contribution >= 4 is 66.3 Å². The molecule has 4 heterocycles. The zero-order valence-electron chi connectivity index (χ0n) is 59.5. The van der Waals surface area contributed by atoms with Crippen LogP contribution in [0, 0.1) is 6.92 Å². The van der Waals surface area contributed by atoms with E-state index >= 15 is 0 Å². The number of nitrogens with two attached hydrogens (primary N) is 1. The fraction of sp³-hybridized carbons (Fsp3) is 0.562. The molecule has 4 aromatic heterocycles. The van der Waals surface area contributed by atoms with Gasteiger partial charge in [0.15, 0.2) is 11.6 Å². The summed E-state index contributed by atoms with van der Waals surface area (Å²) in [6.45, 7) is 25.9. The summed E-state index contributed by atoms with van der Waals surface area (Å²) >= 11 is 0. The fourth-order valence-electron chi connectivity index (χ4n) is 8.63. The molecule has 0 bridgehead atoms. The number of Topliss-reactive ketones (excluding diaryl/α,β-unsaturated/α-hetero) is 1. The van der Waals surface area contributed by atoms with Crippen LogP contribution >= 0.6 is 0 Å². The number of carbonyl (C=O) groups excluding carboxylic acids is 4. The van der Waals surface area contributed by atoms with Gasteiger partial charge in [-0.15, -0.1) is 3.63 Å². The molecule has 0 radical (unpaired) electrons. The van der Waals surface area contributed by atoms with Crippen molar-refractivity contribution in [3.63, 3.8) is 0 Å². The third kappa shape index (κ3) is 31.3. The number of aliphatic hydroxyl groups is 1. The number of alkyl halides is 9. The van der Waals surface area contributed by atoms with Gasteiger partial charge < -0.3 is 28.2 Å². The lowest BCUT2D eigenvalue weighted by Gasteiger charge is -2.24. The Kier molecular flexibility index (Phi) is 37.3. The Morgan fingerprint density at radius 1 is 0.559 bits per heavy atom. The number of rotatable bonds is 12. The number of carbonyl (C=O) groups is 4. The first-order chi connectivity index (χ1) is 47.0. The summed E-state index contributed by atoms with van der Waals surface area (Å²) in [5.41, 5.74) is -5.04. The third-order valence-corrected chi connectivity index (χ3v) is 17.3. The highest BCUT2D eigenvalue weighted by Gasteiger charge is 2.57. The SMILES string of the molecule is CCOC1=CC(=O)/C(=C\O)CC1.CCOC1=CC(=O)CCC1.CCOC1=Cc2c(cnn2C)CC1.CCOC=O.CNN.Cc1cc(C(C)(C)C)nc(C(C)(C)C)c1.Cn1ncc2c1C=C(OS(=O)(=O)C(F)(F)F)CC2.Cn1ncc2c1CC(=O)CC2.O=S(=O)(OS(=O)(=O)C(F)(F)F)C(F)(F)F. The van der Waals surface area contributed by atoms with Gasteiger partial charge in [-0.05, 0) is 108 Å². The minimum absolute atomic E-state index is 0.0913. The largest absolute Gasteiger partial charge is 0.534 e. The van der Waals surface area contributed by atoms with Crippen LogP contribution in [-0.4, -0.2) is 139 Å². The number of hydrogen-bond donors (Lipinski definition) is 3. The van der Waals surface area contributed by atoms with E-state index in [9.17, 15) is 83.9 Å². The molecule has 0 spiro atoms. The van der Waals surface area contributed by atoms with Gasteiger partial charge in [-0.3, -0.25) is 49.5 Å². The topological polar surface area (TPSA) is 351 Å². The number of pyridine rings is 1. The van der Waals surface area contributed by atoms with Crippen LogP contribution in [0.1, 0.15) is 171 Å². The highest BCUT2D eigenvalue weighted by atomic mass is 32.3. The molecule has 0 saturated heterocycles. The number of fused-ring (bicyclic) bond motifs is 3. The summed E-state index contributed by atoms with van der Waals surface area (Å²) in [6.07, 6.45) is 21.2. The van der Waals surface area contributed by atoms with Crippen molar-refractivity contribution in [2.45, 2.75) is 181 Å². The van der Waals surface area contributed by atoms with Crippen LogP contribution < -0.4 is 11.3 Å². The van der Waals surface area contributed by atoms with Gasteiger partial charge in [0, 0.05) is 124 Å². The average Bonchev–Trinajstić information content (AvgIpc) is 1.07. The number of nitrogens with one attached hydrogen (secondary N) is 1. The second kappa shape index (κ2) is 41.4. The second-order valence-electron chi connectivity index (χ2n) is 24.0. The summed E-state index contributed by atoms with van der Waals surface area (Å²) in [4.78, 5) is 46.9. The minimum Gasteiger partial charge on any atom is -0.515 e. The van der Waals surface area contributed by atoms with Crippen molar-refractivity contribution in [1.82, 2.24) is 39.8 Å². The monoisotopic (exact) mass is 1530 g/mol. The normalized spacial score (nSPS) is 15.5. The number of hydrazine groups is 1. The van der Waals surface area contributed by atoms with Gasteiger partial charge in [0.25, 0.3) is 6.47 Å². The average molecular weight is 1530 g/mol. The molecule has 4 N–H and O–H groups in total. The zero-order valence-corrected chi connectivity index (χ0v) is 61.9. The Labute approximate surface area is 588 Å². The van der Waals surface area contributed by atoms with Crippen LogP contribution in [0.4, 0.5) is 39.5 Å². The smallest absolute Gasteiger partial charge is 0.515 e. The van der Waals surface area contributed by atoms with Gasteiger partial charge in [0.1, 0.15) is 17.3 Å². The van der Waals surface area contributed by atoms with Crippen LogP contribution in [0.5, 0.6) is 0 Å². The molecule has 0 saturated carbocycles. The van der Waals surface area contributed by atoms with Crippen molar-refractivity contribution in [3.8, 4) is 0 Å². The zero-order chi connectivity index (χ0) is 78.4. The summed E-state index contributed by atoms with van der Waals surface area (Å²) < 4.78 is 197. The molecule has 102 heavy (non-hydrogen) atoms. The molecule has 0 atom stereocenters. The molecule has 0 unspecified atom stereocenters. The number of ether oxygens (including phenoxy) is 4. The molecule has 0 aliphatic heterocycles. The van der Waals surface area contributed by atoms with Gasteiger partial charge in [-0.25, -0.2) is 0 Å². The maximum absolute atomic E-state index is 12.1. The standard InChI is InChI=1S/C14H23N.C10H14N2O.C9H9F3N2O3S.C9H12O3.C8H10N2O.C8H12O2.C3H6O2.C2F6O5S2.CH6N2/c1-10-8-11(13(2,3)4)15-12(9-10)14(5,6)7;1-3-13-9-5-4-8-7-11-12(2)10(8)6-9;1-14-8-4-7(3-2-6(8)5-13-14)17-18(15,16)9(10,11)12;1-2-12-8-4-3-7(6-10)9(11)5-8;1-10-8-4-7(11)3-2-6(8)5-9-10;1-2-10-8-5-3-4-7(9)6-8;1-2-5-3-4;3-1(4,5)14(9,10)13-15(11,12)2(6,7)8;1-3-2/h8-9H,1-7H3;6-7H,3-5H2,1-2H3;4-5H,2-3H2,1H3;5-6,10H,2-4H2,1H3;5H,2-4H2,1H3;6H,2-5H2,1H3;3H,2H2,1H3;;3H,2H2,1H3/b;;;7-6-;;;;;. The molecular formula is C64H92F9N9O17S3. The Hall–Kier alpha value is -7.94. The van der Waals surface area contributed by atoms with Crippen LogP contribution in [0.2, 0.25) is 0 Å². The Balaban J connectivity index is 0.000000588. The van der Waals surface area contributed by atoms with Crippen LogP contribution in [0.25, 0.3) is 12.2 Å². The molecule has 4 aromatic rings. The lowest BCUT2D eigenvalue weighted by Crippen LogP contribution is -2.34. The number of aliphatic hydroxyl groups excluding tert-OH is 1. The van der Waals surface area contributed by atoms with Crippen molar-refractivity contribution in [2.75, 3.05) is 33.5 Å². The van der Waals surface area contributed by atoms with Gasteiger partial charge in [-0.2, -0.15) is 80.1 Å². The molecule has 5 aliphatic rings. The highest BCUT2D eigenvalue weighted by molar-refractivity contribution is 8.00. The van der Waals surface area contributed by atoms with E-state index in [1.54, 1.807) is 38.0 Å². The van der Waals surface area contributed by atoms with E-state index in [4.69, 9.17) is 24.3 Å². The Bertz CT molecular complexity index is 3840. The van der Waals surface area contributed by atoms with Crippen molar-refractivity contribution in [2.24, 2.45) is 27.0 Å². The van der Waals surface area contributed by atoms with E-state index in [-0.39, 0.29) is 34.6 Å². The van der Waals surface area contributed by atoms with E-state index in [1.165, 1.54) is 50.6 Å². The number of hydrogen-bond acceptors (Lipinski definition) is 23. The molecule has 0 amide bonds.